The SMILES string of the molecule is CNc1nc(C2(c3ccccc3)CCN(C(=O)C(NC(C)=O)C(C)C)CC2)cs1. The quantitative estimate of drug-likeness (QED) is 0.761. The van der Waals surface area contributed by atoms with Crippen molar-refractivity contribution in [1.82, 2.24) is 15.2 Å². The monoisotopic (exact) mass is 414 g/mol. The normalized spacial score (nSPS) is 17.1. The van der Waals surface area contributed by atoms with Gasteiger partial charge in [-0.2, -0.15) is 0 Å². The van der Waals surface area contributed by atoms with Crippen molar-refractivity contribution >= 4 is 28.3 Å². The molecule has 2 N–H and O–H groups in total. The van der Waals surface area contributed by atoms with E-state index in [0.29, 0.717) is 13.1 Å². The van der Waals surface area contributed by atoms with Gasteiger partial charge in [-0.1, -0.05) is 44.2 Å². The molecule has 6 nitrogen and oxygen atoms in total. The average molecular weight is 415 g/mol. The number of carbonyl (C=O) groups excluding carboxylic acids is 2. The van der Waals surface area contributed by atoms with E-state index >= 15 is 0 Å². The first-order chi connectivity index (χ1) is 13.9. The van der Waals surface area contributed by atoms with Gasteiger partial charge in [-0.25, -0.2) is 4.98 Å². The van der Waals surface area contributed by atoms with Gasteiger partial charge in [-0.15, -0.1) is 11.3 Å². The predicted octanol–water partition coefficient (Wildman–Crippen LogP) is 3.25. The molecule has 156 valence electrons. The molecule has 1 aliphatic rings. The standard InChI is InChI=1S/C22H30N4O2S/c1-15(2)19(24-16(3)27)20(28)26-12-10-22(11-13-26,17-8-6-5-7-9-17)18-14-29-21(23-4)25-18/h5-9,14-15,19H,10-13H2,1-4H3,(H,23,25)(H,24,27). The number of aromatic nitrogens is 1. The van der Waals surface area contributed by atoms with Crippen LogP contribution in [0, 0.1) is 5.92 Å². The second-order valence-corrected chi connectivity index (χ2v) is 8.84. The number of nitrogens with one attached hydrogen (secondary N) is 2. The zero-order valence-corrected chi connectivity index (χ0v) is 18.4. The molecule has 0 spiro atoms. The van der Waals surface area contributed by atoms with Crippen LogP contribution in [0.3, 0.4) is 0 Å². The predicted molar refractivity (Wildman–Crippen MR) is 117 cm³/mol. The Morgan fingerprint density at radius 2 is 1.83 bits per heavy atom. The smallest absolute Gasteiger partial charge is 0.245 e. The second-order valence-electron chi connectivity index (χ2n) is 7.98. The number of carbonyl (C=O) groups is 2. The topological polar surface area (TPSA) is 74.3 Å². The molecule has 0 bridgehead atoms. The third kappa shape index (κ3) is 4.45. The Bertz CT molecular complexity index is 842. The lowest BCUT2D eigenvalue weighted by atomic mass is 9.70. The lowest BCUT2D eigenvalue weighted by Crippen LogP contribution is -2.54. The minimum absolute atomic E-state index is 0.00560. The summed E-state index contributed by atoms with van der Waals surface area (Å²) in [7, 11) is 1.88. The average Bonchev–Trinajstić information content (AvgIpc) is 3.22. The summed E-state index contributed by atoms with van der Waals surface area (Å²) in [4.78, 5) is 31.4. The number of rotatable bonds is 6. The molecule has 2 heterocycles. The summed E-state index contributed by atoms with van der Waals surface area (Å²) in [5.74, 6) is -0.121. The maximum absolute atomic E-state index is 13.1. The molecule has 1 fully saturated rings. The summed E-state index contributed by atoms with van der Waals surface area (Å²) in [6.07, 6.45) is 1.61. The molecule has 3 rings (SSSR count). The lowest BCUT2D eigenvalue weighted by molar-refractivity contribution is -0.138. The summed E-state index contributed by atoms with van der Waals surface area (Å²) in [6, 6.07) is 9.98. The lowest BCUT2D eigenvalue weighted by Gasteiger charge is -2.42. The van der Waals surface area contributed by atoms with Gasteiger partial charge in [-0.05, 0) is 24.3 Å². The highest BCUT2D eigenvalue weighted by Crippen LogP contribution is 2.42. The molecule has 0 radical (unpaired) electrons. The van der Waals surface area contributed by atoms with E-state index in [1.165, 1.54) is 12.5 Å². The van der Waals surface area contributed by atoms with Crippen LogP contribution >= 0.6 is 11.3 Å². The van der Waals surface area contributed by atoms with E-state index in [-0.39, 0.29) is 23.1 Å². The van der Waals surface area contributed by atoms with Crippen molar-refractivity contribution in [3.8, 4) is 0 Å². The summed E-state index contributed by atoms with van der Waals surface area (Å²) >= 11 is 1.61. The van der Waals surface area contributed by atoms with Crippen molar-refractivity contribution < 1.29 is 9.59 Å². The molecule has 7 heteroatoms. The third-order valence-corrected chi connectivity index (χ3v) is 6.61. The van der Waals surface area contributed by atoms with E-state index in [1.54, 1.807) is 11.3 Å². The van der Waals surface area contributed by atoms with Crippen molar-refractivity contribution in [2.24, 2.45) is 5.92 Å². The van der Waals surface area contributed by atoms with Crippen molar-refractivity contribution in [3.63, 3.8) is 0 Å². The number of amides is 2. The maximum Gasteiger partial charge on any atom is 0.245 e. The molecule has 1 aromatic carbocycles. The van der Waals surface area contributed by atoms with Crippen molar-refractivity contribution in [1.29, 1.82) is 0 Å². The van der Waals surface area contributed by atoms with Crippen LogP contribution in [-0.2, 0) is 15.0 Å². The molecule has 0 aliphatic carbocycles. The van der Waals surface area contributed by atoms with Crippen molar-refractivity contribution in [3.05, 3.63) is 47.0 Å². The van der Waals surface area contributed by atoms with E-state index < -0.39 is 6.04 Å². The fraction of sp³-hybridized carbons (Fsp3) is 0.500. The van der Waals surface area contributed by atoms with Gasteiger partial charge in [0.2, 0.25) is 11.8 Å². The van der Waals surface area contributed by atoms with Gasteiger partial charge in [0.15, 0.2) is 5.13 Å². The highest BCUT2D eigenvalue weighted by atomic mass is 32.1. The van der Waals surface area contributed by atoms with Gasteiger partial charge in [0, 0.05) is 37.9 Å². The molecular weight excluding hydrogens is 384 g/mol. The number of hydrogen-bond donors (Lipinski definition) is 2. The Morgan fingerprint density at radius 1 is 1.17 bits per heavy atom. The number of anilines is 1. The first kappa shape index (κ1) is 21.3. The van der Waals surface area contributed by atoms with Crippen LogP contribution in [-0.4, -0.2) is 47.9 Å². The van der Waals surface area contributed by atoms with Crippen LogP contribution < -0.4 is 10.6 Å². The van der Waals surface area contributed by atoms with Gasteiger partial charge in [0.05, 0.1) is 5.69 Å². The van der Waals surface area contributed by atoms with E-state index in [4.69, 9.17) is 4.98 Å². The summed E-state index contributed by atoms with van der Waals surface area (Å²) < 4.78 is 0. The van der Waals surface area contributed by atoms with E-state index in [1.807, 2.05) is 31.9 Å². The van der Waals surface area contributed by atoms with Gasteiger partial charge in [0.1, 0.15) is 6.04 Å². The fourth-order valence-electron chi connectivity index (χ4n) is 4.10. The Labute approximate surface area is 176 Å². The van der Waals surface area contributed by atoms with Gasteiger partial charge < -0.3 is 15.5 Å². The number of nitrogens with zero attached hydrogens (tertiary/aromatic N) is 2. The molecule has 2 amide bonds. The maximum atomic E-state index is 13.1. The minimum atomic E-state index is -0.480. The number of hydrogen-bond acceptors (Lipinski definition) is 5. The Kier molecular flexibility index (Phi) is 6.57. The van der Waals surface area contributed by atoms with Crippen LogP contribution in [0.25, 0.3) is 0 Å². The fourth-order valence-corrected chi connectivity index (χ4v) is 4.87. The minimum Gasteiger partial charge on any atom is -0.365 e. The number of thiazole rings is 1. The first-order valence-corrected chi connectivity index (χ1v) is 11.0. The Balaban J connectivity index is 1.85. The van der Waals surface area contributed by atoms with Gasteiger partial charge in [-0.3, -0.25) is 9.59 Å². The molecule has 0 saturated carbocycles. The van der Waals surface area contributed by atoms with Crippen molar-refractivity contribution in [2.45, 2.75) is 45.1 Å². The zero-order valence-electron chi connectivity index (χ0n) is 17.6. The van der Waals surface area contributed by atoms with Crippen LogP contribution in [0.15, 0.2) is 35.7 Å². The van der Waals surface area contributed by atoms with E-state index in [9.17, 15) is 9.59 Å². The first-order valence-electron chi connectivity index (χ1n) is 10.1. The van der Waals surface area contributed by atoms with Gasteiger partial charge in [0.25, 0.3) is 0 Å². The number of benzene rings is 1. The van der Waals surface area contributed by atoms with Crippen LogP contribution in [0.1, 0.15) is 44.9 Å². The second kappa shape index (κ2) is 8.95. The molecule has 1 aromatic heterocycles. The molecule has 1 unspecified atom stereocenters. The highest BCUT2D eigenvalue weighted by Gasteiger charge is 2.42. The molecule has 1 atom stereocenters. The van der Waals surface area contributed by atoms with Crippen molar-refractivity contribution in [2.75, 3.05) is 25.5 Å². The molecule has 2 aromatic rings. The summed E-state index contributed by atoms with van der Waals surface area (Å²) in [5.41, 5.74) is 2.10. The Hall–Kier alpha value is -2.41. The Morgan fingerprint density at radius 3 is 2.34 bits per heavy atom. The third-order valence-electron chi connectivity index (χ3n) is 5.75. The van der Waals surface area contributed by atoms with Crippen LogP contribution in [0.5, 0.6) is 0 Å². The number of likely N-dealkylation sites (tertiary alicyclic amines) is 1. The molecule has 1 saturated heterocycles. The largest absolute Gasteiger partial charge is 0.365 e. The zero-order chi connectivity index (χ0) is 21.0. The van der Waals surface area contributed by atoms with Crippen LogP contribution in [0.2, 0.25) is 0 Å². The number of piperidine rings is 1. The van der Waals surface area contributed by atoms with Gasteiger partial charge >= 0.3 is 0 Å². The summed E-state index contributed by atoms with van der Waals surface area (Å²) in [5, 5.41) is 8.98. The molecule has 1 aliphatic heterocycles. The summed E-state index contributed by atoms with van der Waals surface area (Å²) in [6.45, 7) is 6.67. The molecule has 29 heavy (non-hydrogen) atoms. The van der Waals surface area contributed by atoms with Crippen LogP contribution in [0.4, 0.5) is 5.13 Å². The highest BCUT2D eigenvalue weighted by molar-refractivity contribution is 7.13. The molecular formula is C22H30N4O2S. The van der Waals surface area contributed by atoms with E-state index in [0.717, 1.165) is 23.7 Å². The van der Waals surface area contributed by atoms with E-state index in [2.05, 4.69) is 40.3 Å².